The van der Waals surface area contributed by atoms with E-state index in [-0.39, 0.29) is 24.3 Å². The molecule has 0 saturated carbocycles. The molecule has 2 saturated heterocycles. The molecule has 2 heterocycles. The Labute approximate surface area is 236 Å². The molecule has 2 aliphatic heterocycles. The highest BCUT2D eigenvalue weighted by Crippen LogP contribution is 2.36. The Bertz CT molecular complexity index is 1310. The van der Waals surface area contributed by atoms with Crippen LogP contribution in [0.15, 0.2) is 72.8 Å². The fraction of sp³-hybridized carbons (Fsp3) is 0.323. The first kappa shape index (κ1) is 28.2. The predicted molar refractivity (Wildman–Crippen MR) is 155 cm³/mol. The number of anilines is 1. The molecule has 3 amide bonds. The number of para-hydroxylation sites is 1. The molecule has 0 bridgehead atoms. The van der Waals surface area contributed by atoms with E-state index >= 15 is 0 Å². The third kappa shape index (κ3) is 5.49. The summed E-state index contributed by atoms with van der Waals surface area (Å²) in [4.78, 5) is 33.1. The van der Waals surface area contributed by atoms with Gasteiger partial charge in [-0.3, -0.25) is 14.6 Å². The van der Waals surface area contributed by atoms with E-state index in [4.69, 9.17) is 0 Å². The first-order valence-corrected chi connectivity index (χ1v) is 13.2. The number of halogens is 1. The molecule has 0 unspecified atom stereocenters. The highest BCUT2D eigenvalue weighted by Gasteiger charge is 2.53. The zero-order valence-corrected chi connectivity index (χ0v) is 23.2. The number of piperazine rings is 1. The maximum absolute atomic E-state index is 13.9. The maximum Gasteiger partial charge on any atom is 0.325 e. The Morgan fingerprint density at radius 2 is 1.38 bits per heavy atom. The molecule has 2 fully saturated rings. The minimum Gasteiger partial charge on any atom is -0.368 e. The number of urea groups is 1. The van der Waals surface area contributed by atoms with Gasteiger partial charge >= 0.3 is 6.03 Å². The van der Waals surface area contributed by atoms with Gasteiger partial charge in [0.1, 0.15) is 6.07 Å². The number of aryl methyl sites for hydroxylation is 2. The molecule has 7 nitrogen and oxygen atoms in total. The number of carbonyl (C=O) groups is 2. The van der Waals surface area contributed by atoms with Crippen LogP contribution in [-0.2, 0) is 10.3 Å². The SMILES string of the molecule is Cc1ccc(C2(c3ccc(C)cc3)NC(=O)N(CCCN3CCN(c4ccccc4C#N)CC3)C2=O)cc1.Cl. The molecule has 2 aliphatic rings. The Kier molecular flexibility index (Phi) is 8.59. The number of carbonyl (C=O) groups excluding carboxylic acids is 2. The van der Waals surface area contributed by atoms with Gasteiger partial charge in [-0.25, -0.2) is 4.79 Å². The lowest BCUT2D eigenvalue weighted by molar-refractivity contribution is -0.130. The minimum atomic E-state index is -1.22. The summed E-state index contributed by atoms with van der Waals surface area (Å²) >= 11 is 0. The third-order valence-electron chi connectivity index (χ3n) is 7.67. The van der Waals surface area contributed by atoms with Crippen LogP contribution in [0.1, 0.15) is 34.2 Å². The second kappa shape index (κ2) is 11.9. The molecule has 0 atom stereocenters. The van der Waals surface area contributed by atoms with Crippen molar-refractivity contribution in [3.8, 4) is 6.07 Å². The van der Waals surface area contributed by atoms with E-state index in [1.807, 2.05) is 86.6 Å². The number of benzene rings is 3. The zero-order valence-electron chi connectivity index (χ0n) is 22.4. The normalized spacial score (nSPS) is 16.9. The van der Waals surface area contributed by atoms with Gasteiger partial charge in [0, 0.05) is 32.7 Å². The summed E-state index contributed by atoms with van der Waals surface area (Å²) in [5.74, 6) is -0.229. The van der Waals surface area contributed by atoms with Crippen LogP contribution < -0.4 is 10.2 Å². The highest BCUT2D eigenvalue weighted by atomic mass is 35.5. The number of rotatable bonds is 7. The van der Waals surface area contributed by atoms with Crippen LogP contribution in [0.4, 0.5) is 10.5 Å². The summed E-state index contributed by atoms with van der Waals surface area (Å²) in [5, 5.41) is 12.5. The molecule has 0 spiro atoms. The summed E-state index contributed by atoms with van der Waals surface area (Å²) in [7, 11) is 0. The van der Waals surface area contributed by atoms with Crippen molar-refractivity contribution in [1.82, 2.24) is 15.1 Å². The van der Waals surface area contributed by atoms with E-state index in [0.717, 1.165) is 60.7 Å². The van der Waals surface area contributed by atoms with E-state index in [1.165, 1.54) is 4.90 Å². The number of hydrogen-bond acceptors (Lipinski definition) is 5. The molecule has 1 N–H and O–H groups in total. The molecule has 0 aromatic heterocycles. The molecule has 3 aromatic carbocycles. The maximum atomic E-state index is 13.9. The molecule has 3 aromatic rings. The van der Waals surface area contributed by atoms with Gasteiger partial charge in [0.25, 0.3) is 5.91 Å². The van der Waals surface area contributed by atoms with Crippen molar-refractivity contribution in [3.63, 3.8) is 0 Å². The van der Waals surface area contributed by atoms with Crippen LogP contribution in [0.25, 0.3) is 0 Å². The van der Waals surface area contributed by atoms with E-state index in [2.05, 4.69) is 21.2 Å². The summed E-state index contributed by atoms with van der Waals surface area (Å²) in [5.41, 5.74) is 4.18. The number of nitrogens with zero attached hydrogens (tertiary/aromatic N) is 4. The van der Waals surface area contributed by atoms with Gasteiger partial charge in [0.05, 0.1) is 11.3 Å². The van der Waals surface area contributed by atoms with Crippen molar-refractivity contribution in [2.24, 2.45) is 0 Å². The fourth-order valence-corrected chi connectivity index (χ4v) is 5.45. The minimum absolute atomic E-state index is 0. The standard InChI is InChI=1S/C31H33N5O2.ClH/c1-23-8-12-26(13-9-23)31(27-14-10-24(2)11-15-27)29(37)36(30(38)33-31)17-5-16-34-18-20-35(21-19-34)28-7-4-3-6-25(28)22-32;/h3-4,6-15H,5,16-21H2,1-2H3,(H,33,38);1H. The number of hydrogen-bond donors (Lipinski definition) is 1. The van der Waals surface area contributed by atoms with Gasteiger partial charge < -0.3 is 10.2 Å². The average Bonchev–Trinajstić information content (AvgIpc) is 3.20. The average molecular weight is 544 g/mol. The lowest BCUT2D eigenvalue weighted by Crippen LogP contribution is -2.47. The van der Waals surface area contributed by atoms with E-state index in [1.54, 1.807) is 0 Å². The van der Waals surface area contributed by atoms with Crippen molar-refractivity contribution in [1.29, 1.82) is 5.26 Å². The van der Waals surface area contributed by atoms with E-state index < -0.39 is 5.54 Å². The van der Waals surface area contributed by atoms with E-state index in [0.29, 0.717) is 18.5 Å². The monoisotopic (exact) mass is 543 g/mol. The highest BCUT2D eigenvalue weighted by molar-refractivity contribution is 6.09. The van der Waals surface area contributed by atoms with Crippen LogP contribution in [0, 0.1) is 25.2 Å². The third-order valence-corrected chi connectivity index (χ3v) is 7.67. The Hall–Kier alpha value is -3.86. The van der Waals surface area contributed by atoms with Crippen LogP contribution in [0.3, 0.4) is 0 Å². The Morgan fingerprint density at radius 3 is 1.95 bits per heavy atom. The molecule has 5 rings (SSSR count). The lowest BCUT2D eigenvalue weighted by Gasteiger charge is -2.36. The molecular weight excluding hydrogens is 510 g/mol. The molecule has 202 valence electrons. The molecular formula is C31H34ClN5O2. The number of nitriles is 1. The lowest BCUT2D eigenvalue weighted by atomic mass is 9.82. The topological polar surface area (TPSA) is 79.7 Å². The molecule has 0 radical (unpaired) electrons. The Balaban J connectivity index is 0.00000353. The Morgan fingerprint density at radius 1 is 0.821 bits per heavy atom. The van der Waals surface area contributed by atoms with Gasteiger partial charge in [-0.1, -0.05) is 71.8 Å². The predicted octanol–water partition coefficient (Wildman–Crippen LogP) is 4.60. The largest absolute Gasteiger partial charge is 0.368 e. The van der Waals surface area contributed by atoms with Gasteiger partial charge in [0.2, 0.25) is 0 Å². The van der Waals surface area contributed by atoms with Crippen molar-refractivity contribution in [3.05, 3.63) is 101 Å². The van der Waals surface area contributed by atoms with E-state index in [9.17, 15) is 14.9 Å². The first-order chi connectivity index (χ1) is 18.4. The molecule has 0 aliphatic carbocycles. The summed E-state index contributed by atoms with van der Waals surface area (Å²) in [6.07, 6.45) is 0.700. The van der Waals surface area contributed by atoms with Crippen LogP contribution in [0.5, 0.6) is 0 Å². The first-order valence-electron chi connectivity index (χ1n) is 13.2. The van der Waals surface area contributed by atoms with Gasteiger partial charge in [-0.15, -0.1) is 12.4 Å². The zero-order chi connectivity index (χ0) is 26.7. The summed E-state index contributed by atoms with van der Waals surface area (Å²) in [6, 6.07) is 25.3. The second-order valence-electron chi connectivity index (χ2n) is 10.2. The smallest absolute Gasteiger partial charge is 0.325 e. The second-order valence-corrected chi connectivity index (χ2v) is 10.2. The summed E-state index contributed by atoms with van der Waals surface area (Å²) < 4.78 is 0. The van der Waals surface area contributed by atoms with Crippen LogP contribution in [-0.4, -0.2) is 61.0 Å². The fourth-order valence-electron chi connectivity index (χ4n) is 5.45. The van der Waals surface area contributed by atoms with Crippen LogP contribution in [0.2, 0.25) is 0 Å². The van der Waals surface area contributed by atoms with Crippen molar-refractivity contribution >= 4 is 30.0 Å². The number of amides is 3. The molecule has 8 heteroatoms. The van der Waals surface area contributed by atoms with Crippen LogP contribution >= 0.6 is 12.4 Å². The van der Waals surface area contributed by atoms with Crippen molar-refractivity contribution < 1.29 is 9.59 Å². The number of nitrogens with one attached hydrogen (secondary N) is 1. The molecule has 39 heavy (non-hydrogen) atoms. The number of imide groups is 1. The van der Waals surface area contributed by atoms with Gasteiger partial charge in [0.15, 0.2) is 5.54 Å². The van der Waals surface area contributed by atoms with Gasteiger partial charge in [-0.2, -0.15) is 5.26 Å². The quantitative estimate of drug-likeness (QED) is 0.440. The summed E-state index contributed by atoms with van der Waals surface area (Å²) in [6.45, 7) is 8.59. The van der Waals surface area contributed by atoms with Crippen molar-refractivity contribution in [2.45, 2.75) is 25.8 Å². The van der Waals surface area contributed by atoms with Crippen molar-refractivity contribution in [2.75, 3.05) is 44.2 Å². The van der Waals surface area contributed by atoms with Gasteiger partial charge in [-0.05, 0) is 50.1 Å².